The predicted octanol–water partition coefficient (Wildman–Crippen LogP) is 0.335. The maximum absolute atomic E-state index is 11.4. The molecular weight excluding hydrogens is 228 g/mol. The van der Waals surface area contributed by atoms with Crippen molar-refractivity contribution in [3.63, 3.8) is 0 Å². The highest BCUT2D eigenvalue weighted by atomic mass is 32.2. The molecule has 0 amide bonds. The summed E-state index contributed by atoms with van der Waals surface area (Å²) in [6, 6.07) is 7.14. The Morgan fingerprint density at radius 3 is 2.69 bits per heavy atom. The number of sulfonamides is 1. The summed E-state index contributed by atoms with van der Waals surface area (Å²) >= 11 is 0. The number of para-hydroxylation sites is 1. The van der Waals surface area contributed by atoms with Crippen LogP contribution in [-0.4, -0.2) is 27.9 Å². The van der Waals surface area contributed by atoms with E-state index in [2.05, 4.69) is 4.72 Å². The van der Waals surface area contributed by atoms with E-state index in [-0.39, 0.29) is 18.9 Å². The van der Waals surface area contributed by atoms with Crippen LogP contribution in [0.25, 0.3) is 0 Å². The Morgan fingerprint density at radius 1 is 1.38 bits per heavy atom. The van der Waals surface area contributed by atoms with Crippen molar-refractivity contribution in [3.05, 3.63) is 29.8 Å². The van der Waals surface area contributed by atoms with Crippen LogP contribution in [0.2, 0.25) is 0 Å². The molecule has 0 aliphatic rings. The Bertz CT molecular complexity index is 431. The average Bonchev–Trinajstić information content (AvgIpc) is 2.26. The summed E-state index contributed by atoms with van der Waals surface area (Å²) in [6.45, 7) is 0.387. The van der Waals surface area contributed by atoms with Crippen LogP contribution < -0.4 is 10.5 Å². The van der Waals surface area contributed by atoms with E-state index in [9.17, 15) is 8.42 Å². The summed E-state index contributed by atoms with van der Waals surface area (Å²) in [4.78, 5) is 0. The predicted molar refractivity (Wildman–Crippen MR) is 63.4 cm³/mol. The molecule has 0 atom stereocenters. The van der Waals surface area contributed by atoms with Crippen molar-refractivity contribution in [2.75, 3.05) is 25.2 Å². The van der Waals surface area contributed by atoms with Crippen molar-refractivity contribution in [3.8, 4) is 0 Å². The van der Waals surface area contributed by atoms with Crippen molar-refractivity contribution in [1.29, 1.82) is 0 Å². The zero-order chi connectivity index (χ0) is 12.0. The molecule has 1 rings (SSSR count). The van der Waals surface area contributed by atoms with Gasteiger partial charge in [-0.25, -0.2) is 13.1 Å². The number of nitrogens with two attached hydrogens (primary N) is 1. The van der Waals surface area contributed by atoms with Crippen LogP contribution >= 0.6 is 0 Å². The first kappa shape index (κ1) is 13.0. The molecule has 0 saturated carbocycles. The number of ether oxygens (including phenoxy) is 1. The van der Waals surface area contributed by atoms with Gasteiger partial charge in [0.05, 0.1) is 12.4 Å². The highest BCUT2D eigenvalue weighted by Crippen LogP contribution is 2.09. The van der Waals surface area contributed by atoms with Gasteiger partial charge in [0.2, 0.25) is 10.0 Å². The van der Waals surface area contributed by atoms with Gasteiger partial charge in [0, 0.05) is 19.3 Å². The number of nitrogens with one attached hydrogen (secondary N) is 1. The second-order valence-electron chi connectivity index (χ2n) is 3.33. The lowest BCUT2D eigenvalue weighted by Gasteiger charge is -2.08. The van der Waals surface area contributed by atoms with Gasteiger partial charge in [-0.1, -0.05) is 18.2 Å². The number of methoxy groups -OCH3 is 1. The Kier molecular flexibility index (Phi) is 4.72. The van der Waals surface area contributed by atoms with Gasteiger partial charge >= 0.3 is 0 Å². The van der Waals surface area contributed by atoms with Gasteiger partial charge in [-0.05, 0) is 11.6 Å². The highest BCUT2D eigenvalue weighted by Gasteiger charge is 2.09. The number of nitrogen functional groups attached to an aromatic ring is 1. The van der Waals surface area contributed by atoms with Gasteiger partial charge in [-0.15, -0.1) is 0 Å². The normalized spacial score (nSPS) is 11.6. The van der Waals surface area contributed by atoms with Crippen molar-refractivity contribution in [2.24, 2.45) is 0 Å². The van der Waals surface area contributed by atoms with E-state index in [1.54, 1.807) is 18.2 Å². The average molecular weight is 244 g/mol. The molecule has 0 unspecified atom stereocenters. The molecule has 16 heavy (non-hydrogen) atoms. The first-order chi connectivity index (χ1) is 7.55. The second kappa shape index (κ2) is 5.83. The van der Waals surface area contributed by atoms with Crippen LogP contribution in [0.5, 0.6) is 0 Å². The number of hydrogen-bond acceptors (Lipinski definition) is 4. The molecule has 0 saturated heterocycles. The topological polar surface area (TPSA) is 81.4 Å². The molecule has 6 heteroatoms. The Balaban J connectivity index is 2.55. The quantitative estimate of drug-likeness (QED) is 0.707. The van der Waals surface area contributed by atoms with Gasteiger partial charge in [-0.2, -0.15) is 0 Å². The van der Waals surface area contributed by atoms with Crippen LogP contribution in [0, 0.1) is 0 Å². The number of rotatable bonds is 6. The van der Waals surface area contributed by atoms with E-state index in [0.717, 1.165) is 5.56 Å². The molecule has 0 bridgehead atoms. The fraction of sp³-hybridized carbons (Fsp3) is 0.400. The van der Waals surface area contributed by atoms with Crippen LogP contribution in [0.4, 0.5) is 5.69 Å². The third-order valence-corrected chi connectivity index (χ3v) is 3.38. The minimum Gasteiger partial charge on any atom is -0.398 e. The summed E-state index contributed by atoms with van der Waals surface area (Å²) < 4.78 is 30.1. The third-order valence-electron chi connectivity index (χ3n) is 2.09. The minimum atomic E-state index is -3.29. The van der Waals surface area contributed by atoms with Gasteiger partial charge in [0.25, 0.3) is 0 Å². The second-order valence-corrected chi connectivity index (χ2v) is 5.26. The molecule has 1 aromatic rings. The first-order valence-corrected chi connectivity index (χ1v) is 6.50. The number of hydrogen-bond donors (Lipinski definition) is 2. The van der Waals surface area contributed by atoms with Crippen LogP contribution in [0.15, 0.2) is 24.3 Å². The van der Waals surface area contributed by atoms with Gasteiger partial charge in [0.15, 0.2) is 0 Å². The molecule has 0 heterocycles. The zero-order valence-electron chi connectivity index (χ0n) is 9.14. The maximum Gasteiger partial charge on any atom is 0.214 e. The van der Waals surface area contributed by atoms with Gasteiger partial charge in [-0.3, -0.25) is 0 Å². The highest BCUT2D eigenvalue weighted by molar-refractivity contribution is 7.89. The van der Waals surface area contributed by atoms with Crippen LogP contribution in [0.1, 0.15) is 5.56 Å². The molecule has 3 N–H and O–H groups in total. The molecule has 1 aromatic carbocycles. The Morgan fingerprint density at radius 2 is 2.06 bits per heavy atom. The van der Waals surface area contributed by atoms with Crippen molar-refractivity contribution < 1.29 is 13.2 Å². The lowest BCUT2D eigenvalue weighted by atomic mass is 10.2. The van der Waals surface area contributed by atoms with E-state index in [0.29, 0.717) is 5.69 Å². The Labute approximate surface area is 95.7 Å². The lowest BCUT2D eigenvalue weighted by molar-refractivity contribution is 0.217. The smallest absolute Gasteiger partial charge is 0.214 e. The summed E-state index contributed by atoms with van der Waals surface area (Å²) in [7, 11) is -1.83. The number of benzene rings is 1. The minimum absolute atomic E-state index is 0.0454. The van der Waals surface area contributed by atoms with E-state index >= 15 is 0 Å². The molecule has 0 aliphatic carbocycles. The fourth-order valence-electron chi connectivity index (χ4n) is 1.15. The standard InChI is InChI=1S/C10H16N2O3S/c1-15-6-7-16(13,14)12-8-9-4-2-3-5-10(9)11/h2-5,12H,6-8,11H2,1H3. The van der Waals surface area contributed by atoms with E-state index < -0.39 is 10.0 Å². The molecule has 90 valence electrons. The molecular formula is C10H16N2O3S. The lowest BCUT2D eigenvalue weighted by Crippen LogP contribution is -2.28. The molecule has 0 radical (unpaired) electrons. The third kappa shape index (κ3) is 4.18. The number of anilines is 1. The first-order valence-electron chi connectivity index (χ1n) is 4.85. The molecule has 0 spiro atoms. The van der Waals surface area contributed by atoms with Gasteiger partial charge in [0.1, 0.15) is 0 Å². The van der Waals surface area contributed by atoms with E-state index in [1.165, 1.54) is 7.11 Å². The fourth-order valence-corrected chi connectivity index (χ4v) is 2.05. The van der Waals surface area contributed by atoms with Crippen molar-refractivity contribution >= 4 is 15.7 Å². The largest absolute Gasteiger partial charge is 0.398 e. The van der Waals surface area contributed by atoms with E-state index in [1.807, 2.05) is 6.07 Å². The summed E-state index contributed by atoms with van der Waals surface area (Å²) in [6.07, 6.45) is 0. The summed E-state index contributed by atoms with van der Waals surface area (Å²) in [5.74, 6) is -0.0454. The summed E-state index contributed by atoms with van der Waals surface area (Å²) in [5, 5.41) is 0. The van der Waals surface area contributed by atoms with E-state index in [4.69, 9.17) is 10.5 Å². The summed E-state index contributed by atoms with van der Waals surface area (Å²) in [5.41, 5.74) is 7.04. The Hall–Kier alpha value is -1.11. The van der Waals surface area contributed by atoms with Gasteiger partial charge < -0.3 is 10.5 Å². The van der Waals surface area contributed by atoms with Crippen molar-refractivity contribution in [1.82, 2.24) is 4.72 Å². The van der Waals surface area contributed by atoms with Crippen LogP contribution in [0.3, 0.4) is 0 Å². The molecule has 0 aliphatic heterocycles. The molecule has 5 nitrogen and oxygen atoms in total. The monoisotopic (exact) mass is 244 g/mol. The maximum atomic E-state index is 11.4. The van der Waals surface area contributed by atoms with Crippen molar-refractivity contribution in [2.45, 2.75) is 6.54 Å². The zero-order valence-corrected chi connectivity index (χ0v) is 9.96. The SMILES string of the molecule is COCCS(=O)(=O)NCc1ccccc1N. The van der Waals surface area contributed by atoms with Crippen LogP contribution in [-0.2, 0) is 21.3 Å². The molecule has 0 aromatic heterocycles. The molecule has 0 fully saturated rings.